The molecule has 0 fully saturated rings. The topological polar surface area (TPSA) is 47.5 Å². The van der Waals surface area contributed by atoms with Crippen molar-refractivity contribution >= 4 is 46.0 Å². The maximum absolute atomic E-state index is 13.4. The molecule has 0 atom stereocenters. The fourth-order valence-electron chi connectivity index (χ4n) is 2.21. The van der Waals surface area contributed by atoms with Gasteiger partial charge < -0.3 is 20.6 Å². The van der Waals surface area contributed by atoms with Gasteiger partial charge in [0.15, 0.2) is 5.11 Å². The molecule has 0 aliphatic heterocycles. The summed E-state index contributed by atoms with van der Waals surface area (Å²) in [4.78, 5) is 2.07. The van der Waals surface area contributed by atoms with Gasteiger partial charge in [0.2, 0.25) is 0 Å². The maximum Gasteiger partial charge on any atom is 0.175 e. The second-order valence-electron chi connectivity index (χ2n) is 5.06. The number of nitrogens with zero attached hydrogens (tertiary/aromatic N) is 1. The molecular formula is C17H19ClFN3OS. The van der Waals surface area contributed by atoms with Crippen molar-refractivity contribution < 1.29 is 9.50 Å². The SMILES string of the molecule is CCN(CCO)c1ccc(NC(=S)Nc2ccc(Cl)c(F)c2)cc1. The lowest BCUT2D eigenvalue weighted by Gasteiger charge is -2.22. The van der Waals surface area contributed by atoms with E-state index in [1.807, 2.05) is 31.2 Å². The van der Waals surface area contributed by atoms with Gasteiger partial charge in [-0.2, -0.15) is 0 Å². The Balaban J connectivity index is 1.97. The Hall–Kier alpha value is -1.89. The summed E-state index contributed by atoms with van der Waals surface area (Å²) < 4.78 is 13.4. The lowest BCUT2D eigenvalue weighted by Crippen LogP contribution is -2.26. The van der Waals surface area contributed by atoms with Crippen LogP contribution in [0.3, 0.4) is 0 Å². The molecule has 0 aliphatic carbocycles. The fourth-order valence-corrected chi connectivity index (χ4v) is 2.57. The van der Waals surface area contributed by atoms with E-state index in [1.54, 1.807) is 6.07 Å². The Morgan fingerprint density at radius 3 is 2.38 bits per heavy atom. The minimum Gasteiger partial charge on any atom is -0.395 e. The minimum atomic E-state index is -0.502. The highest BCUT2D eigenvalue weighted by molar-refractivity contribution is 7.80. The highest BCUT2D eigenvalue weighted by Crippen LogP contribution is 2.20. The summed E-state index contributed by atoms with van der Waals surface area (Å²) in [7, 11) is 0. The second kappa shape index (κ2) is 8.82. The zero-order valence-electron chi connectivity index (χ0n) is 13.2. The average Bonchev–Trinajstić information content (AvgIpc) is 2.57. The second-order valence-corrected chi connectivity index (χ2v) is 5.87. The standard InChI is InChI=1S/C17H19ClFN3OS/c1-2-22(9-10-23)14-6-3-12(4-7-14)20-17(24)21-13-5-8-15(18)16(19)11-13/h3-8,11,23H,2,9-10H2,1H3,(H2,20,21,24). The highest BCUT2D eigenvalue weighted by Gasteiger charge is 2.05. The number of likely N-dealkylation sites (N-methyl/N-ethyl adjacent to an activating group) is 1. The Labute approximate surface area is 151 Å². The Morgan fingerprint density at radius 2 is 1.79 bits per heavy atom. The van der Waals surface area contributed by atoms with Crippen LogP contribution in [-0.4, -0.2) is 29.9 Å². The van der Waals surface area contributed by atoms with E-state index in [2.05, 4.69) is 15.5 Å². The number of rotatable bonds is 6. The zero-order valence-corrected chi connectivity index (χ0v) is 14.8. The molecule has 0 spiro atoms. The molecule has 0 amide bonds. The van der Waals surface area contributed by atoms with Crippen molar-refractivity contribution in [3.05, 3.63) is 53.3 Å². The highest BCUT2D eigenvalue weighted by atomic mass is 35.5. The van der Waals surface area contributed by atoms with Crippen LogP contribution in [0.2, 0.25) is 5.02 Å². The number of nitrogens with one attached hydrogen (secondary N) is 2. The van der Waals surface area contributed by atoms with Crippen molar-refractivity contribution in [3.63, 3.8) is 0 Å². The summed E-state index contributed by atoms with van der Waals surface area (Å²) in [5.74, 6) is -0.502. The first-order valence-corrected chi connectivity index (χ1v) is 8.31. The third kappa shape index (κ3) is 5.06. The molecule has 7 heteroatoms. The largest absolute Gasteiger partial charge is 0.395 e. The summed E-state index contributed by atoms with van der Waals surface area (Å²) in [6.45, 7) is 3.55. The number of benzene rings is 2. The van der Waals surface area contributed by atoms with Gasteiger partial charge >= 0.3 is 0 Å². The van der Waals surface area contributed by atoms with Crippen LogP contribution in [0.25, 0.3) is 0 Å². The summed E-state index contributed by atoms with van der Waals surface area (Å²) in [5.41, 5.74) is 2.35. The van der Waals surface area contributed by atoms with Crippen molar-refractivity contribution in [2.45, 2.75) is 6.92 Å². The normalized spacial score (nSPS) is 10.3. The van der Waals surface area contributed by atoms with E-state index in [0.717, 1.165) is 17.9 Å². The molecule has 0 unspecified atom stereocenters. The predicted molar refractivity (Wildman–Crippen MR) is 103 cm³/mol. The van der Waals surface area contributed by atoms with Gasteiger partial charge in [-0.1, -0.05) is 11.6 Å². The van der Waals surface area contributed by atoms with Gasteiger partial charge in [-0.3, -0.25) is 0 Å². The van der Waals surface area contributed by atoms with E-state index < -0.39 is 5.82 Å². The van der Waals surface area contributed by atoms with Crippen molar-refractivity contribution in [2.24, 2.45) is 0 Å². The number of aliphatic hydroxyl groups is 1. The number of hydrogen-bond acceptors (Lipinski definition) is 3. The molecule has 3 N–H and O–H groups in total. The van der Waals surface area contributed by atoms with E-state index >= 15 is 0 Å². The van der Waals surface area contributed by atoms with Gasteiger partial charge in [0.25, 0.3) is 0 Å². The number of thiocarbonyl (C=S) groups is 1. The molecule has 0 radical (unpaired) electrons. The van der Waals surface area contributed by atoms with Crippen LogP contribution in [0.5, 0.6) is 0 Å². The van der Waals surface area contributed by atoms with Crippen LogP contribution < -0.4 is 15.5 Å². The first-order valence-electron chi connectivity index (χ1n) is 7.52. The lowest BCUT2D eigenvalue weighted by molar-refractivity contribution is 0.302. The monoisotopic (exact) mass is 367 g/mol. The smallest absolute Gasteiger partial charge is 0.175 e. The van der Waals surface area contributed by atoms with Crippen molar-refractivity contribution in [3.8, 4) is 0 Å². The van der Waals surface area contributed by atoms with E-state index in [4.69, 9.17) is 28.9 Å². The summed E-state index contributed by atoms with van der Waals surface area (Å²) in [5, 5.41) is 15.4. The van der Waals surface area contributed by atoms with Crippen LogP contribution in [0, 0.1) is 5.82 Å². The summed E-state index contributed by atoms with van der Waals surface area (Å²) in [6.07, 6.45) is 0. The van der Waals surface area contributed by atoms with E-state index in [0.29, 0.717) is 17.3 Å². The quantitative estimate of drug-likeness (QED) is 0.671. The van der Waals surface area contributed by atoms with Crippen molar-refractivity contribution in [2.75, 3.05) is 35.2 Å². The molecular weight excluding hydrogens is 349 g/mol. The minimum absolute atomic E-state index is 0.0679. The molecule has 24 heavy (non-hydrogen) atoms. The van der Waals surface area contributed by atoms with Gasteiger partial charge in [-0.25, -0.2) is 4.39 Å². The Bertz CT molecular complexity index is 697. The van der Waals surface area contributed by atoms with E-state index in [1.165, 1.54) is 12.1 Å². The maximum atomic E-state index is 13.4. The number of aliphatic hydroxyl groups excluding tert-OH is 1. The number of halogens is 2. The van der Waals surface area contributed by atoms with Crippen LogP contribution in [0.4, 0.5) is 21.5 Å². The molecule has 2 aromatic carbocycles. The molecule has 0 aromatic heterocycles. The molecule has 2 aromatic rings. The van der Waals surface area contributed by atoms with Crippen LogP contribution in [-0.2, 0) is 0 Å². The molecule has 0 aliphatic rings. The van der Waals surface area contributed by atoms with Crippen LogP contribution in [0.15, 0.2) is 42.5 Å². The van der Waals surface area contributed by atoms with Crippen molar-refractivity contribution in [1.82, 2.24) is 0 Å². The summed E-state index contributed by atoms with van der Waals surface area (Å²) >= 11 is 10.9. The van der Waals surface area contributed by atoms with Gasteiger partial charge in [0.1, 0.15) is 5.82 Å². The first-order chi connectivity index (χ1) is 11.5. The molecule has 4 nitrogen and oxygen atoms in total. The van der Waals surface area contributed by atoms with Crippen LogP contribution in [0.1, 0.15) is 6.92 Å². The molecule has 0 bridgehead atoms. The van der Waals surface area contributed by atoms with Gasteiger partial charge in [-0.15, -0.1) is 0 Å². The molecule has 128 valence electrons. The van der Waals surface area contributed by atoms with E-state index in [-0.39, 0.29) is 11.6 Å². The third-order valence-corrected chi connectivity index (χ3v) is 3.93. The fraction of sp³-hybridized carbons (Fsp3) is 0.235. The Kier molecular flexibility index (Phi) is 6.78. The molecule has 2 rings (SSSR count). The predicted octanol–water partition coefficient (Wildman–Crippen LogP) is 4.11. The molecule has 0 saturated heterocycles. The number of anilines is 3. The van der Waals surface area contributed by atoms with Gasteiger partial charge in [0, 0.05) is 30.2 Å². The summed E-state index contributed by atoms with van der Waals surface area (Å²) in [6, 6.07) is 12.1. The van der Waals surface area contributed by atoms with Gasteiger partial charge in [0.05, 0.1) is 11.6 Å². The van der Waals surface area contributed by atoms with Crippen molar-refractivity contribution in [1.29, 1.82) is 0 Å². The number of hydrogen-bond donors (Lipinski definition) is 3. The van der Waals surface area contributed by atoms with E-state index in [9.17, 15) is 4.39 Å². The zero-order chi connectivity index (χ0) is 17.5. The molecule has 0 heterocycles. The first kappa shape index (κ1) is 18.4. The lowest BCUT2D eigenvalue weighted by atomic mass is 10.2. The van der Waals surface area contributed by atoms with Crippen LogP contribution >= 0.6 is 23.8 Å². The average molecular weight is 368 g/mol. The Morgan fingerprint density at radius 1 is 1.17 bits per heavy atom. The molecule has 0 saturated carbocycles. The van der Waals surface area contributed by atoms with Gasteiger partial charge in [-0.05, 0) is 61.6 Å². The third-order valence-electron chi connectivity index (χ3n) is 3.42.